The molecule has 0 amide bonds. The second kappa shape index (κ2) is 5.64. The Morgan fingerprint density at radius 1 is 1.33 bits per heavy atom. The number of benzene rings is 1. The lowest BCUT2D eigenvalue weighted by molar-refractivity contribution is 0.103. The van der Waals surface area contributed by atoms with E-state index in [1.165, 1.54) is 16.0 Å². The molecule has 0 spiro atoms. The Kier molecular flexibility index (Phi) is 3.85. The van der Waals surface area contributed by atoms with Gasteiger partial charge in [-0.3, -0.25) is 4.79 Å². The SMILES string of the molecule is CCc1ccc(C(=O)c2c(N)sc3c2CCC(C)C3)cc1. The number of hydrogen-bond acceptors (Lipinski definition) is 3. The van der Waals surface area contributed by atoms with Crippen molar-refractivity contribution in [3.63, 3.8) is 0 Å². The fraction of sp³-hybridized carbons (Fsp3) is 0.389. The first-order valence-electron chi connectivity index (χ1n) is 7.63. The molecule has 1 aliphatic rings. The molecule has 0 saturated heterocycles. The van der Waals surface area contributed by atoms with E-state index in [0.717, 1.165) is 36.8 Å². The fourth-order valence-electron chi connectivity index (χ4n) is 3.06. The van der Waals surface area contributed by atoms with Gasteiger partial charge in [0.05, 0.1) is 10.6 Å². The minimum Gasteiger partial charge on any atom is -0.390 e. The normalized spacial score (nSPS) is 17.5. The van der Waals surface area contributed by atoms with Crippen molar-refractivity contribution in [2.24, 2.45) is 5.92 Å². The molecule has 0 bridgehead atoms. The lowest BCUT2D eigenvalue weighted by Crippen LogP contribution is -2.13. The number of thiophene rings is 1. The molecule has 0 fully saturated rings. The molecule has 0 radical (unpaired) electrons. The Balaban J connectivity index is 1.98. The summed E-state index contributed by atoms with van der Waals surface area (Å²) in [5, 5.41) is 0.693. The molecule has 1 aromatic carbocycles. The molecular weight excluding hydrogens is 278 g/mol. The highest BCUT2D eigenvalue weighted by molar-refractivity contribution is 7.16. The molecule has 1 unspecified atom stereocenters. The van der Waals surface area contributed by atoms with Gasteiger partial charge in [-0.1, -0.05) is 38.1 Å². The molecule has 110 valence electrons. The molecule has 21 heavy (non-hydrogen) atoms. The third kappa shape index (κ3) is 2.62. The molecule has 1 aliphatic carbocycles. The van der Waals surface area contributed by atoms with E-state index in [9.17, 15) is 4.79 Å². The van der Waals surface area contributed by atoms with Crippen LogP contribution in [-0.4, -0.2) is 5.78 Å². The molecule has 1 atom stereocenters. The highest BCUT2D eigenvalue weighted by atomic mass is 32.1. The van der Waals surface area contributed by atoms with Crippen molar-refractivity contribution in [2.75, 3.05) is 5.73 Å². The van der Waals surface area contributed by atoms with E-state index < -0.39 is 0 Å². The number of nitrogen functional groups attached to an aromatic ring is 1. The maximum Gasteiger partial charge on any atom is 0.196 e. The maximum atomic E-state index is 12.8. The highest BCUT2D eigenvalue weighted by Crippen LogP contribution is 2.39. The highest BCUT2D eigenvalue weighted by Gasteiger charge is 2.26. The van der Waals surface area contributed by atoms with Crippen LogP contribution in [0.3, 0.4) is 0 Å². The number of aryl methyl sites for hydroxylation is 1. The average molecular weight is 299 g/mol. The molecule has 0 aliphatic heterocycles. The smallest absolute Gasteiger partial charge is 0.196 e. The van der Waals surface area contributed by atoms with Gasteiger partial charge in [0.25, 0.3) is 0 Å². The summed E-state index contributed by atoms with van der Waals surface area (Å²) in [5.41, 5.74) is 10.1. The van der Waals surface area contributed by atoms with Crippen LogP contribution < -0.4 is 5.73 Å². The van der Waals surface area contributed by atoms with Crippen LogP contribution in [0.4, 0.5) is 5.00 Å². The topological polar surface area (TPSA) is 43.1 Å². The van der Waals surface area contributed by atoms with E-state index >= 15 is 0 Å². The van der Waals surface area contributed by atoms with E-state index in [0.29, 0.717) is 10.9 Å². The summed E-state index contributed by atoms with van der Waals surface area (Å²) in [7, 11) is 0. The van der Waals surface area contributed by atoms with Crippen LogP contribution >= 0.6 is 11.3 Å². The Labute approximate surface area is 130 Å². The fourth-order valence-corrected chi connectivity index (χ4v) is 4.34. The minimum absolute atomic E-state index is 0.0854. The van der Waals surface area contributed by atoms with Crippen LogP contribution in [0, 0.1) is 5.92 Å². The van der Waals surface area contributed by atoms with Crippen molar-refractivity contribution in [3.05, 3.63) is 51.4 Å². The molecule has 3 heteroatoms. The third-order valence-corrected chi connectivity index (χ3v) is 5.47. The Hall–Kier alpha value is -1.61. The predicted molar refractivity (Wildman–Crippen MR) is 89.2 cm³/mol. The predicted octanol–water partition coefficient (Wildman–Crippen LogP) is 4.25. The van der Waals surface area contributed by atoms with Gasteiger partial charge in [0.15, 0.2) is 5.78 Å². The zero-order valence-corrected chi connectivity index (χ0v) is 13.4. The first-order valence-corrected chi connectivity index (χ1v) is 8.45. The number of anilines is 1. The molecule has 0 saturated carbocycles. The van der Waals surface area contributed by atoms with Gasteiger partial charge in [-0.05, 0) is 42.7 Å². The van der Waals surface area contributed by atoms with E-state index in [2.05, 4.69) is 13.8 Å². The third-order valence-electron chi connectivity index (χ3n) is 4.39. The van der Waals surface area contributed by atoms with Gasteiger partial charge in [0.1, 0.15) is 0 Å². The maximum absolute atomic E-state index is 12.8. The van der Waals surface area contributed by atoms with E-state index in [1.807, 2.05) is 24.3 Å². The van der Waals surface area contributed by atoms with E-state index in [1.54, 1.807) is 11.3 Å². The first-order chi connectivity index (χ1) is 10.1. The molecule has 1 aromatic heterocycles. The average Bonchev–Trinajstić information content (AvgIpc) is 2.81. The molecular formula is C18H21NOS. The zero-order valence-electron chi connectivity index (χ0n) is 12.6. The van der Waals surface area contributed by atoms with Crippen molar-refractivity contribution in [1.29, 1.82) is 0 Å². The number of hydrogen-bond donors (Lipinski definition) is 1. The number of nitrogens with two attached hydrogens (primary N) is 1. The molecule has 2 nitrogen and oxygen atoms in total. The number of fused-ring (bicyclic) bond motifs is 1. The largest absolute Gasteiger partial charge is 0.390 e. The summed E-state index contributed by atoms with van der Waals surface area (Å²) < 4.78 is 0. The number of carbonyl (C=O) groups excluding carboxylic acids is 1. The van der Waals surface area contributed by atoms with Crippen molar-refractivity contribution in [1.82, 2.24) is 0 Å². The Bertz CT molecular complexity index is 669. The second-order valence-electron chi connectivity index (χ2n) is 5.97. The van der Waals surface area contributed by atoms with Crippen molar-refractivity contribution >= 4 is 22.1 Å². The summed E-state index contributed by atoms with van der Waals surface area (Å²) >= 11 is 1.61. The van der Waals surface area contributed by atoms with Crippen molar-refractivity contribution < 1.29 is 4.79 Å². The summed E-state index contributed by atoms with van der Waals surface area (Å²) in [6, 6.07) is 7.92. The van der Waals surface area contributed by atoms with E-state index in [-0.39, 0.29) is 5.78 Å². The van der Waals surface area contributed by atoms with Gasteiger partial charge < -0.3 is 5.73 Å². The molecule has 2 N–H and O–H groups in total. The number of rotatable bonds is 3. The first kappa shape index (κ1) is 14.3. The van der Waals surface area contributed by atoms with Gasteiger partial charge in [-0.25, -0.2) is 0 Å². The summed E-state index contributed by atoms with van der Waals surface area (Å²) in [6.45, 7) is 4.38. The number of ketones is 1. The van der Waals surface area contributed by atoms with E-state index in [4.69, 9.17) is 5.73 Å². The second-order valence-corrected chi connectivity index (χ2v) is 7.11. The van der Waals surface area contributed by atoms with Crippen LogP contribution in [0.2, 0.25) is 0 Å². The standard InChI is InChI=1S/C18H21NOS/c1-3-12-5-7-13(8-6-12)17(20)16-14-9-4-11(2)10-15(14)21-18(16)19/h5-8,11H,3-4,9-10,19H2,1-2H3. The molecule has 2 aromatic rings. The number of carbonyl (C=O) groups is 1. The molecule has 1 heterocycles. The van der Waals surface area contributed by atoms with Gasteiger partial charge in [-0.15, -0.1) is 11.3 Å². The van der Waals surface area contributed by atoms with Crippen LogP contribution in [0.15, 0.2) is 24.3 Å². The minimum atomic E-state index is 0.0854. The van der Waals surface area contributed by atoms with Crippen LogP contribution in [0.25, 0.3) is 0 Å². The summed E-state index contributed by atoms with van der Waals surface area (Å²) in [6.07, 6.45) is 4.19. The zero-order chi connectivity index (χ0) is 15.0. The van der Waals surface area contributed by atoms with Crippen molar-refractivity contribution in [2.45, 2.75) is 39.5 Å². The Morgan fingerprint density at radius 2 is 2.05 bits per heavy atom. The Morgan fingerprint density at radius 3 is 2.71 bits per heavy atom. The van der Waals surface area contributed by atoms with Crippen molar-refractivity contribution in [3.8, 4) is 0 Å². The van der Waals surface area contributed by atoms with Crippen LogP contribution in [0.5, 0.6) is 0 Å². The summed E-state index contributed by atoms with van der Waals surface area (Å²) in [5.74, 6) is 0.782. The van der Waals surface area contributed by atoms with Gasteiger partial charge in [-0.2, -0.15) is 0 Å². The lowest BCUT2D eigenvalue weighted by Gasteiger charge is -2.18. The van der Waals surface area contributed by atoms with Gasteiger partial charge in [0.2, 0.25) is 0 Å². The van der Waals surface area contributed by atoms with Gasteiger partial charge >= 0.3 is 0 Å². The molecule has 3 rings (SSSR count). The van der Waals surface area contributed by atoms with Crippen LogP contribution in [0.1, 0.15) is 52.2 Å². The van der Waals surface area contributed by atoms with Gasteiger partial charge in [0, 0.05) is 10.4 Å². The quantitative estimate of drug-likeness (QED) is 0.861. The summed E-state index contributed by atoms with van der Waals surface area (Å²) in [4.78, 5) is 14.1. The lowest BCUT2D eigenvalue weighted by atomic mass is 9.86. The monoisotopic (exact) mass is 299 g/mol. The van der Waals surface area contributed by atoms with Crippen LogP contribution in [-0.2, 0) is 19.3 Å².